The van der Waals surface area contributed by atoms with Gasteiger partial charge < -0.3 is 11.1 Å². The first-order valence-electron chi connectivity index (χ1n) is 7.56. The highest BCUT2D eigenvalue weighted by Crippen LogP contribution is 2.24. The summed E-state index contributed by atoms with van der Waals surface area (Å²) in [6, 6.07) is 24.9. The molecule has 0 aromatic heterocycles. The molecule has 0 radical (unpaired) electrons. The van der Waals surface area contributed by atoms with E-state index in [1.807, 2.05) is 24.3 Å². The van der Waals surface area contributed by atoms with E-state index in [4.69, 9.17) is 5.73 Å². The Kier molecular flexibility index (Phi) is 4.10. The van der Waals surface area contributed by atoms with E-state index in [1.165, 1.54) is 16.7 Å². The lowest BCUT2D eigenvalue weighted by Crippen LogP contribution is -1.91. The lowest BCUT2D eigenvalue weighted by molar-refractivity contribution is 1.14. The Labute approximate surface area is 131 Å². The summed E-state index contributed by atoms with van der Waals surface area (Å²) in [6.07, 6.45) is 1.07. The van der Waals surface area contributed by atoms with E-state index < -0.39 is 0 Å². The van der Waals surface area contributed by atoms with Gasteiger partial charge in [0.1, 0.15) is 0 Å². The summed E-state index contributed by atoms with van der Waals surface area (Å²) < 4.78 is 0. The van der Waals surface area contributed by atoms with Crippen molar-refractivity contribution in [2.45, 2.75) is 13.3 Å². The molecule has 0 aliphatic heterocycles. The second-order valence-corrected chi connectivity index (χ2v) is 5.37. The molecule has 2 heteroatoms. The quantitative estimate of drug-likeness (QED) is 0.644. The molecule has 0 bridgehead atoms. The zero-order valence-corrected chi connectivity index (χ0v) is 12.7. The standard InChI is InChI=1S/C20H20N2/c1-2-15-3-11-19(12-4-15)22-20-13-7-17(8-14-20)16-5-9-18(21)10-6-16/h3-14,22H,2,21H2,1H3. The third kappa shape index (κ3) is 3.29. The fourth-order valence-corrected chi connectivity index (χ4v) is 2.41. The van der Waals surface area contributed by atoms with Gasteiger partial charge in [-0.05, 0) is 59.5 Å². The minimum Gasteiger partial charge on any atom is -0.399 e. The number of hydrogen-bond acceptors (Lipinski definition) is 2. The number of nitrogens with two attached hydrogens (primary N) is 1. The van der Waals surface area contributed by atoms with Crippen molar-refractivity contribution in [1.29, 1.82) is 0 Å². The van der Waals surface area contributed by atoms with Crippen LogP contribution in [0.4, 0.5) is 17.1 Å². The van der Waals surface area contributed by atoms with Gasteiger partial charge in [0.15, 0.2) is 0 Å². The van der Waals surface area contributed by atoms with Gasteiger partial charge in [0, 0.05) is 17.1 Å². The minimum absolute atomic E-state index is 0.789. The Hall–Kier alpha value is -2.74. The van der Waals surface area contributed by atoms with Crippen molar-refractivity contribution in [3.8, 4) is 11.1 Å². The molecule has 0 atom stereocenters. The lowest BCUT2D eigenvalue weighted by atomic mass is 10.1. The van der Waals surface area contributed by atoms with Crippen molar-refractivity contribution in [1.82, 2.24) is 0 Å². The number of benzene rings is 3. The van der Waals surface area contributed by atoms with Crippen LogP contribution in [0.5, 0.6) is 0 Å². The fraction of sp³-hybridized carbons (Fsp3) is 0.100. The first-order valence-corrected chi connectivity index (χ1v) is 7.56. The molecule has 3 rings (SSSR count). The van der Waals surface area contributed by atoms with Gasteiger partial charge in [-0.1, -0.05) is 43.3 Å². The molecule has 3 aromatic rings. The van der Waals surface area contributed by atoms with E-state index in [9.17, 15) is 0 Å². The molecule has 2 nitrogen and oxygen atoms in total. The topological polar surface area (TPSA) is 38.0 Å². The Balaban J connectivity index is 1.74. The predicted octanol–water partition coefficient (Wildman–Crippen LogP) is 5.24. The van der Waals surface area contributed by atoms with E-state index in [2.05, 4.69) is 60.8 Å². The minimum atomic E-state index is 0.789. The Morgan fingerprint density at radius 1 is 0.682 bits per heavy atom. The SMILES string of the molecule is CCc1ccc(Nc2ccc(-c3ccc(N)cc3)cc2)cc1. The number of nitrogen functional groups attached to an aromatic ring is 1. The van der Waals surface area contributed by atoms with Crippen LogP contribution in [0.2, 0.25) is 0 Å². The Bertz CT molecular complexity index is 726. The molecule has 110 valence electrons. The van der Waals surface area contributed by atoms with Gasteiger partial charge in [-0.3, -0.25) is 0 Å². The number of aryl methyl sites for hydroxylation is 1. The van der Waals surface area contributed by atoms with Crippen LogP contribution >= 0.6 is 0 Å². The summed E-state index contributed by atoms with van der Waals surface area (Å²) >= 11 is 0. The van der Waals surface area contributed by atoms with Gasteiger partial charge in [-0.2, -0.15) is 0 Å². The molecule has 0 saturated heterocycles. The maximum Gasteiger partial charge on any atom is 0.0384 e. The zero-order chi connectivity index (χ0) is 15.4. The fourth-order valence-electron chi connectivity index (χ4n) is 2.41. The Morgan fingerprint density at radius 2 is 1.14 bits per heavy atom. The van der Waals surface area contributed by atoms with Crippen LogP contribution in [0, 0.1) is 0 Å². The number of rotatable bonds is 4. The second kappa shape index (κ2) is 6.35. The van der Waals surface area contributed by atoms with Crippen molar-refractivity contribution in [2.24, 2.45) is 0 Å². The molecule has 0 heterocycles. The van der Waals surface area contributed by atoms with Gasteiger partial charge in [-0.25, -0.2) is 0 Å². The molecule has 0 fully saturated rings. The normalized spacial score (nSPS) is 10.4. The molecule has 0 aliphatic rings. The largest absolute Gasteiger partial charge is 0.399 e. The van der Waals surface area contributed by atoms with E-state index in [1.54, 1.807) is 0 Å². The zero-order valence-electron chi connectivity index (χ0n) is 12.7. The summed E-state index contributed by atoms with van der Waals surface area (Å²) in [7, 11) is 0. The van der Waals surface area contributed by atoms with Gasteiger partial charge in [0.05, 0.1) is 0 Å². The smallest absolute Gasteiger partial charge is 0.0384 e. The second-order valence-electron chi connectivity index (χ2n) is 5.37. The Morgan fingerprint density at radius 3 is 1.64 bits per heavy atom. The predicted molar refractivity (Wildman–Crippen MR) is 95.4 cm³/mol. The highest BCUT2D eigenvalue weighted by Gasteiger charge is 1.99. The molecule has 0 spiro atoms. The summed E-state index contributed by atoms with van der Waals surface area (Å²) in [5.74, 6) is 0. The molecule has 0 saturated carbocycles. The first kappa shape index (κ1) is 14.2. The van der Waals surface area contributed by atoms with Gasteiger partial charge in [0.2, 0.25) is 0 Å². The van der Waals surface area contributed by atoms with Crippen LogP contribution < -0.4 is 11.1 Å². The van der Waals surface area contributed by atoms with Gasteiger partial charge in [0.25, 0.3) is 0 Å². The third-order valence-electron chi connectivity index (χ3n) is 3.78. The van der Waals surface area contributed by atoms with Crippen molar-refractivity contribution in [3.63, 3.8) is 0 Å². The number of hydrogen-bond donors (Lipinski definition) is 2. The molecule has 0 aliphatic carbocycles. The van der Waals surface area contributed by atoms with Crippen LogP contribution in [0.1, 0.15) is 12.5 Å². The molecule has 22 heavy (non-hydrogen) atoms. The van der Waals surface area contributed by atoms with Crippen molar-refractivity contribution >= 4 is 17.1 Å². The van der Waals surface area contributed by atoms with Crippen molar-refractivity contribution in [2.75, 3.05) is 11.1 Å². The molecule has 0 amide bonds. The van der Waals surface area contributed by atoms with Crippen LogP contribution in [0.15, 0.2) is 72.8 Å². The van der Waals surface area contributed by atoms with E-state index >= 15 is 0 Å². The average molecular weight is 288 g/mol. The number of anilines is 3. The summed E-state index contributed by atoms with van der Waals surface area (Å²) in [5, 5.41) is 3.42. The molecule has 0 unspecified atom stereocenters. The highest BCUT2D eigenvalue weighted by atomic mass is 14.9. The van der Waals surface area contributed by atoms with Crippen molar-refractivity contribution < 1.29 is 0 Å². The maximum atomic E-state index is 5.73. The number of nitrogens with one attached hydrogen (secondary N) is 1. The third-order valence-corrected chi connectivity index (χ3v) is 3.78. The van der Waals surface area contributed by atoms with Crippen LogP contribution in [-0.4, -0.2) is 0 Å². The monoisotopic (exact) mass is 288 g/mol. The lowest BCUT2D eigenvalue weighted by Gasteiger charge is -2.09. The van der Waals surface area contributed by atoms with E-state index in [-0.39, 0.29) is 0 Å². The summed E-state index contributed by atoms with van der Waals surface area (Å²) in [5.41, 5.74) is 12.4. The van der Waals surface area contributed by atoms with E-state index in [0.29, 0.717) is 0 Å². The van der Waals surface area contributed by atoms with Crippen LogP contribution in [-0.2, 0) is 6.42 Å². The van der Waals surface area contributed by atoms with Crippen molar-refractivity contribution in [3.05, 3.63) is 78.4 Å². The van der Waals surface area contributed by atoms with Gasteiger partial charge >= 0.3 is 0 Å². The average Bonchev–Trinajstić information content (AvgIpc) is 2.57. The van der Waals surface area contributed by atoms with E-state index in [0.717, 1.165) is 23.5 Å². The highest BCUT2D eigenvalue weighted by molar-refractivity contribution is 5.69. The van der Waals surface area contributed by atoms with Crippen LogP contribution in [0.25, 0.3) is 11.1 Å². The van der Waals surface area contributed by atoms with Crippen LogP contribution in [0.3, 0.4) is 0 Å². The van der Waals surface area contributed by atoms with Gasteiger partial charge in [-0.15, -0.1) is 0 Å². The first-order chi connectivity index (χ1) is 10.7. The maximum absolute atomic E-state index is 5.73. The molecule has 3 aromatic carbocycles. The molecule has 3 N–H and O–H groups in total. The summed E-state index contributed by atoms with van der Waals surface area (Å²) in [6.45, 7) is 2.17. The molecular weight excluding hydrogens is 268 g/mol. The molecular formula is C20H20N2. The summed E-state index contributed by atoms with van der Waals surface area (Å²) in [4.78, 5) is 0.